The van der Waals surface area contributed by atoms with Crippen molar-refractivity contribution in [1.29, 1.82) is 0 Å². The molecule has 0 bridgehead atoms. The zero-order valence-corrected chi connectivity index (χ0v) is 22.5. The third-order valence-corrected chi connectivity index (χ3v) is 7.14. The Morgan fingerprint density at radius 3 is 2.37 bits per heavy atom. The highest BCUT2D eigenvalue weighted by Crippen LogP contribution is 2.29. The lowest BCUT2D eigenvalue weighted by Crippen LogP contribution is -2.31. The topological polar surface area (TPSA) is 71.5 Å². The summed E-state index contributed by atoms with van der Waals surface area (Å²) < 4.78 is 11.2. The standard InChI is InChI=1S/C31H37N5O2/c1-36(2)30-28-9-4-5-10-29(28)34-31(35-30)33-24-13-11-22(12-14-24)20-32-21-23-7-6-8-27(19-23)38-26-17-15-25(37-3)16-18-26/h4-10,15-19,22,24,32H,11-14,20-21H2,1-3H3,(H,33,34,35). The van der Waals surface area contributed by atoms with E-state index in [0.717, 1.165) is 65.8 Å². The van der Waals surface area contributed by atoms with E-state index in [1.807, 2.05) is 62.6 Å². The van der Waals surface area contributed by atoms with Crippen LogP contribution in [0.3, 0.4) is 0 Å². The molecule has 3 aromatic carbocycles. The van der Waals surface area contributed by atoms with E-state index in [1.54, 1.807) is 7.11 Å². The predicted octanol–water partition coefficient (Wildman–Crippen LogP) is 6.26. The van der Waals surface area contributed by atoms with Crippen molar-refractivity contribution in [2.75, 3.05) is 38.0 Å². The van der Waals surface area contributed by atoms with Gasteiger partial charge in [0.25, 0.3) is 0 Å². The maximum atomic E-state index is 6.02. The maximum Gasteiger partial charge on any atom is 0.225 e. The fourth-order valence-corrected chi connectivity index (χ4v) is 5.08. The lowest BCUT2D eigenvalue weighted by atomic mass is 9.86. The van der Waals surface area contributed by atoms with Gasteiger partial charge in [0.15, 0.2) is 0 Å². The monoisotopic (exact) mass is 511 g/mol. The maximum absolute atomic E-state index is 6.02. The summed E-state index contributed by atoms with van der Waals surface area (Å²) in [6.45, 7) is 1.85. The van der Waals surface area contributed by atoms with Gasteiger partial charge >= 0.3 is 0 Å². The van der Waals surface area contributed by atoms with Gasteiger partial charge in [0.1, 0.15) is 23.1 Å². The van der Waals surface area contributed by atoms with Crippen LogP contribution >= 0.6 is 0 Å². The average Bonchev–Trinajstić information content (AvgIpc) is 2.94. The highest BCUT2D eigenvalue weighted by Gasteiger charge is 2.22. The van der Waals surface area contributed by atoms with Gasteiger partial charge in [-0.3, -0.25) is 0 Å². The summed E-state index contributed by atoms with van der Waals surface area (Å²) in [5.74, 6) is 4.82. The summed E-state index contributed by atoms with van der Waals surface area (Å²) in [4.78, 5) is 11.6. The van der Waals surface area contributed by atoms with Gasteiger partial charge < -0.3 is 25.0 Å². The Morgan fingerprint density at radius 1 is 0.842 bits per heavy atom. The Kier molecular flexibility index (Phi) is 8.24. The molecule has 0 radical (unpaired) electrons. The highest BCUT2D eigenvalue weighted by molar-refractivity contribution is 5.90. The average molecular weight is 512 g/mol. The molecule has 0 atom stereocenters. The van der Waals surface area contributed by atoms with Gasteiger partial charge in [-0.15, -0.1) is 0 Å². The first-order chi connectivity index (χ1) is 18.6. The smallest absolute Gasteiger partial charge is 0.225 e. The number of rotatable bonds is 10. The number of hydrogen-bond donors (Lipinski definition) is 2. The molecule has 1 aliphatic carbocycles. The molecule has 0 amide bonds. The van der Waals surface area contributed by atoms with E-state index in [-0.39, 0.29) is 0 Å². The van der Waals surface area contributed by atoms with Gasteiger partial charge in [0.05, 0.1) is 12.6 Å². The highest BCUT2D eigenvalue weighted by atomic mass is 16.5. The van der Waals surface area contributed by atoms with Crippen LogP contribution in [0.2, 0.25) is 0 Å². The van der Waals surface area contributed by atoms with Crippen molar-refractivity contribution >= 4 is 22.7 Å². The van der Waals surface area contributed by atoms with Crippen LogP contribution in [0.15, 0.2) is 72.8 Å². The van der Waals surface area contributed by atoms with Crippen LogP contribution in [0.1, 0.15) is 31.2 Å². The van der Waals surface area contributed by atoms with Gasteiger partial charge in [-0.2, -0.15) is 4.98 Å². The second kappa shape index (κ2) is 12.1. The molecular formula is C31H37N5O2. The Labute approximate surface area is 225 Å². The molecule has 1 saturated carbocycles. The number of aromatic nitrogens is 2. The van der Waals surface area contributed by atoms with Gasteiger partial charge in [-0.25, -0.2) is 4.98 Å². The molecule has 7 nitrogen and oxygen atoms in total. The molecule has 5 rings (SSSR count). The molecule has 1 fully saturated rings. The predicted molar refractivity (Wildman–Crippen MR) is 154 cm³/mol. The summed E-state index contributed by atoms with van der Waals surface area (Å²) in [6, 6.07) is 24.5. The normalized spacial score (nSPS) is 17.2. The van der Waals surface area contributed by atoms with Gasteiger partial charge in [0, 0.05) is 32.1 Å². The zero-order valence-electron chi connectivity index (χ0n) is 22.5. The SMILES string of the molecule is COc1ccc(Oc2cccc(CNCC3CCC(Nc4nc(N(C)C)c5ccccc5n4)CC3)c2)cc1. The van der Waals surface area contributed by atoms with Gasteiger partial charge in [-0.05, 0) is 92.2 Å². The van der Waals surface area contributed by atoms with Crippen molar-refractivity contribution in [2.24, 2.45) is 5.92 Å². The molecular weight excluding hydrogens is 474 g/mol. The lowest BCUT2D eigenvalue weighted by Gasteiger charge is -2.29. The van der Waals surface area contributed by atoms with Crippen LogP contribution in [0.5, 0.6) is 17.2 Å². The van der Waals surface area contributed by atoms with Crippen molar-refractivity contribution in [1.82, 2.24) is 15.3 Å². The number of para-hydroxylation sites is 1. The molecule has 0 spiro atoms. The number of anilines is 2. The minimum absolute atomic E-state index is 0.411. The zero-order chi connectivity index (χ0) is 26.3. The number of ether oxygens (including phenoxy) is 2. The fraction of sp³-hybridized carbons (Fsp3) is 0.355. The quantitative estimate of drug-likeness (QED) is 0.260. The van der Waals surface area contributed by atoms with Crippen molar-refractivity contribution < 1.29 is 9.47 Å². The van der Waals surface area contributed by atoms with Crippen molar-refractivity contribution in [3.8, 4) is 17.2 Å². The molecule has 198 valence electrons. The van der Waals surface area contributed by atoms with E-state index in [1.165, 1.54) is 18.4 Å². The fourth-order valence-electron chi connectivity index (χ4n) is 5.08. The summed E-state index contributed by atoms with van der Waals surface area (Å²) in [6.07, 6.45) is 4.65. The van der Waals surface area contributed by atoms with E-state index in [9.17, 15) is 0 Å². The Hall–Kier alpha value is -3.84. The molecule has 1 aromatic heterocycles. The summed E-state index contributed by atoms with van der Waals surface area (Å²) >= 11 is 0. The second-order valence-corrected chi connectivity index (χ2v) is 10.2. The van der Waals surface area contributed by atoms with Crippen LogP contribution in [-0.4, -0.2) is 43.8 Å². The number of nitrogens with zero attached hydrogens (tertiary/aromatic N) is 3. The molecule has 1 heterocycles. The van der Waals surface area contributed by atoms with E-state index >= 15 is 0 Å². The molecule has 0 aliphatic heterocycles. The molecule has 2 N–H and O–H groups in total. The first kappa shape index (κ1) is 25.8. The van der Waals surface area contributed by atoms with E-state index in [0.29, 0.717) is 12.0 Å². The lowest BCUT2D eigenvalue weighted by molar-refractivity contribution is 0.323. The minimum Gasteiger partial charge on any atom is -0.497 e. The van der Waals surface area contributed by atoms with Crippen molar-refractivity contribution in [2.45, 2.75) is 38.3 Å². The number of fused-ring (bicyclic) bond motifs is 1. The molecule has 38 heavy (non-hydrogen) atoms. The number of methoxy groups -OCH3 is 1. The second-order valence-electron chi connectivity index (χ2n) is 10.2. The first-order valence-electron chi connectivity index (χ1n) is 13.4. The summed E-state index contributed by atoms with van der Waals surface area (Å²) in [5, 5.41) is 8.35. The first-order valence-corrected chi connectivity index (χ1v) is 13.4. The van der Waals surface area contributed by atoms with E-state index in [4.69, 9.17) is 19.4 Å². The Morgan fingerprint density at radius 2 is 1.61 bits per heavy atom. The van der Waals surface area contributed by atoms with Crippen molar-refractivity contribution in [3.05, 3.63) is 78.4 Å². The summed E-state index contributed by atoms with van der Waals surface area (Å²) in [5.41, 5.74) is 2.20. The van der Waals surface area contributed by atoms with Gasteiger partial charge in [0.2, 0.25) is 5.95 Å². The van der Waals surface area contributed by atoms with Crippen LogP contribution in [0.25, 0.3) is 10.9 Å². The molecule has 1 aliphatic rings. The molecule has 0 saturated heterocycles. The Balaban J connectivity index is 1.08. The van der Waals surface area contributed by atoms with Crippen LogP contribution in [0.4, 0.5) is 11.8 Å². The van der Waals surface area contributed by atoms with Crippen LogP contribution < -0.4 is 25.0 Å². The third kappa shape index (κ3) is 6.53. The minimum atomic E-state index is 0.411. The van der Waals surface area contributed by atoms with Crippen LogP contribution in [-0.2, 0) is 6.54 Å². The van der Waals surface area contributed by atoms with Crippen LogP contribution in [0, 0.1) is 5.92 Å². The van der Waals surface area contributed by atoms with Gasteiger partial charge in [-0.1, -0.05) is 24.3 Å². The summed E-state index contributed by atoms with van der Waals surface area (Å²) in [7, 11) is 5.72. The third-order valence-electron chi connectivity index (χ3n) is 7.14. The van der Waals surface area contributed by atoms with E-state index < -0.39 is 0 Å². The number of nitrogens with one attached hydrogen (secondary N) is 2. The number of benzene rings is 3. The van der Waals surface area contributed by atoms with Crippen molar-refractivity contribution in [3.63, 3.8) is 0 Å². The molecule has 7 heteroatoms. The molecule has 4 aromatic rings. The largest absolute Gasteiger partial charge is 0.497 e. The van der Waals surface area contributed by atoms with E-state index in [2.05, 4.69) is 39.8 Å². The number of hydrogen-bond acceptors (Lipinski definition) is 7. The molecule has 0 unspecified atom stereocenters. The Bertz CT molecular complexity index is 1330.